The zero-order valence-corrected chi connectivity index (χ0v) is 12.1. The van der Waals surface area contributed by atoms with Crippen LogP contribution in [0.2, 0.25) is 0 Å². The summed E-state index contributed by atoms with van der Waals surface area (Å²) in [6.07, 6.45) is 2.27. The maximum Gasteiger partial charge on any atom is 0.231 e. The topological polar surface area (TPSA) is 32.3 Å². The minimum atomic E-state index is 0.0682. The minimum absolute atomic E-state index is 0.0682. The van der Waals surface area contributed by atoms with E-state index >= 15 is 0 Å². The number of rotatable bonds is 3. The molecule has 0 unspecified atom stereocenters. The highest BCUT2D eigenvalue weighted by atomic mass is 32.2. The van der Waals surface area contributed by atoms with Gasteiger partial charge < -0.3 is 10.2 Å². The van der Waals surface area contributed by atoms with Crippen molar-refractivity contribution in [2.75, 3.05) is 25.9 Å². The van der Waals surface area contributed by atoms with Gasteiger partial charge in [0.05, 0.1) is 5.92 Å². The highest BCUT2D eigenvalue weighted by molar-refractivity contribution is 7.99. The van der Waals surface area contributed by atoms with Crippen molar-refractivity contribution in [3.63, 3.8) is 0 Å². The average Bonchev–Trinajstić information content (AvgIpc) is 3.04. The second-order valence-electron chi connectivity index (χ2n) is 5.29. The molecule has 1 aromatic rings. The number of carbonyl (C=O) groups is 1. The van der Waals surface area contributed by atoms with Crippen LogP contribution in [-0.4, -0.2) is 42.7 Å². The van der Waals surface area contributed by atoms with Gasteiger partial charge in [0.1, 0.15) is 0 Å². The van der Waals surface area contributed by atoms with Crippen molar-refractivity contribution in [2.45, 2.75) is 29.7 Å². The Morgan fingerprint density at radius 2 is 2.32 bits per heavy atom. The number of thioether (sulfide) groups is 1. The molecule has 2 heterocycles. The molecule has 4 heteroatoms. The average molecular weight is 276 g/mol. The van der Waals surface area contributed by atoms with Gasteiger partial charge in [-0.2, -0.15) is 0 Å². The molecule has 2 aliphatic heterocycles. The summed E-state index contributed by atoms with van der Waals surface area (Å²) in [4.78, 5) is 16.2. The molecule has 0 aliphatic carbocycles. The molecule has 1 fully saturated rings. The summed E-state index contributed by atoms with van der Waals surface area (Å²) in [5.74, 6) is 1.30. The van der Waals surface area contributed by atoms with E-state index in [1.807, 2.05) is 24.9 Å². The number of fused-ring (bicyclic) bond motifs is 1. The number of hydrogen-bond donors (Lipinski definition) is 1. The van der Waals surface area contributed by atoms with Crippen LogP contribution in [0.1, 0.15) is 24.3 Å². The summed E-state index contributed by atoms with van der Waals surface area (Å²) in [5, 5.41) is 3.21. The van der Waals surface area contributed by atoms with Gasteiger partial charge in [-0.25, -0.2) is 0 Å². The lowest BCUT2D eigenvalue weighted by molar-refractivity contribution is -0.133. The van der Waals surface area contributed by atoms with E-state index in [4.69, 9.17) is 0 Å². The molecule has 0 saturated carbocycles. The first-order valence-corrected chi connectivity index (χ1v) is 7.96. The van der Waals surface area contributed by atoms with Crippen molar-refractivity contribution in [1.82, 2.24) is 10.2 Å². The minimum Gasteiger partial charge on any atom is -0.338 e. The van der Waals surface area contributed by atoms with E-state index in [-0.39, 0.29) is 5.92 Å². The Kier molecular flexibility index (Phi) is 3.80. The Morgan fingerprint density at radius 3 is 3.16 bits per heavy atom. The second kappa shape index (κ2) is 5.55. The highest BCUT2D eigenvalue weighted by Crippen LogP contribution is 2.41. The molecule has 2 atom stereocenters. The molecule has 1 amide bonds. The summed E-state index contributed by atoms with van der Waals surface area (Å²) in [7, 11) is 1.96. The summed E-state index contributed by atoms with van der Waals surface area (Å²) >= 11 is 1.81. The van der Waals surface area contributed by atoms with Gasteiger partial charge in [-0.3, -0.25) is 4.79 Å². The lowest BCUT2D eigenvalue weighted by Gasteiger charge is -2.27. The largest absolute Gasteiger partial charge is 0.338 e. The van der Waals surface area contributed by atoms with E-state index in [0.29, 0.717) is 11.9 Å². The lowest BCUT2D eigenvalue weighted by atomic mass is 9.99. The van der Waals surface area contributed by atoms with Crippen LogP contribution in [0.3, 0.4) is 0 Å². The number of benzene rings is 1. The predicted molar refractivity (Wildman–Crippen MR) is 78.6 cm³/mol. The van der Waals surface area contributed by atoms with Crippen LogP contribution >= 0.6 is 11.8 Å². The van der Waals surface area contributed by atoms with Gasteiger partial charge in [0.25, 0.3) is 0 Å². The van der Waals surface area contributed by atoms with Crippen molar-refractivity contribution in [2.24, 2.45) is 0 Å². The first-order chi connectivity index (χ1) is 9.31. The van der Waals surface area contributed by atoms with Crippen molar-refractivity contribution in [1.29, 1.82) is 0 Å². The number of amides is 1. The fraction of sp³-hybridized carbons (Fsp3) is 0.533. The number of likely N-dealkylation sites (tertiary alicyclic amines) is 1. The summed E-state index contributed by atoms with van der Waals surface area (Å²) in [6, 6.07) is 8.72. The molecule has 0 radical (unpaired) electrons. The van der Waals surface area contributed by atoms with Crippen LogP contribution in [-0.2, 0) is 4.79 Å². The van der Waals surface area contributed by atoms with Crippen LogP contribution in [0.25, 0.3) is 0 Å². The Labute approximate surface area is 118 Å². The Hall–Kier alpha value is -1.00. The quantitative estimate of drug-likeness (QED) is 0.917. The Morgan fingerprint density at radius 1 is 1.47 bits per heavy atom. The van der Waals surface area contributed by atoms with E-state index in [1.54, 1.807) is 0 Å². The third kappa shape index (κ3) is 2.39. The van der Waals surface area contributed by atoms with E-state index in [2.05, 4.69) is 28.4 Å². The normalized spacial score (nSPS) is 25.6. The molecule has 3 rings (SSSR count). The van der Waals surface area contributed by atoms with Crippen LogP contribution < -0.4 is 5.32 Å². The SMILES string of the molecule is CNC[C@@H]1CCCN1C(=O)[C@@H]1CSc2ccccc21. The molecule has 0 bridgehead atoms. The van der Waals surface area contributed by atoms with Gasteiger partial charge in [0, 0.05) is 29.8 Å². The van der Waals surface area contributed by atoms with E-state index in [1.165, 1.54) is 10.5 Å². The predicted octanol–water partition coefficient (Wildman–Crippen LogP) is 2.09. The molecule has 3 nitrogen and oxygen atoms in total. The van der Waals surface area contributed by atoms with Gasteiger partial charge in [-0.05, 0) is 31.5 Å². The first-order valence-electron chi connectivity index (χ1n) is 6.98. The molecule has 102 valence electrons. The number of likely N-dealkylation sites (N-methyl/N-ethyl adjacent to an activating group) is 1. The molecule has 2 aliphatic rings. The standard InChI is InChI=1S/C15H20N2OS/c1-16-9-11-5-4-8-17(11)15(18)13-10-19-14-7-3-2-6-12(13)14/h2-3,6-7,11,13,16H,4-5,8-10H2,1H3/t11-,13+/m0/s1. The van der Waals surface area contributed by atoms with Crippen molar-refractivity contribution >= 4 is 17.7 Å². The molecule has 0 spiro atoms. The van der Waals surface area contributed by atoms with Crippen LogP contribution in [0.5, 0.6) is 0 Å². The van der Waals surface area contributed by atoms with Crippen molar-refractivity contribution < 1.29 is 4.79 Å². The first kappa shape index (κ1) is 13.0. The zero-order chi connectivity index (χ0) is 13.2. The Bertz CT molecular complexity index is 477. The molecule has 1 N–H and O–H groups in total. The maximum atomic E-state index is 12.8. The lowest BCUT2D eigenvalue weighted by Crippen LogP contribution is -2.43. The molecule has 0 aromatic heterocycles. The third-order valence-corrected chi connectivity index (χ3v) is 5.28. The summed E-state index contributed by atoms with van der Waals surface area (Å²) in [6.45, 7) is 1.84. The number of nitrogens with zero attached hydrogens (tertiary/aromatic N) is 1. The number of hydrogen-bond acceptors (Lipinski definition) is 3. The van der Waals surface area contributed by atoms with Crippen LogP contribution in [0.15, 0.2) is 29.2 Å². The Balaban J connectivity index is 1.78. The molecule has 1 aromatic carbocycles. The summed E-state index contributed by atoms with van der Waals surface area (Å²) < 4.78 is 0. The smallest absolute Gasteiger partial charge is 0.231 e. The second-order valence-corrected chi connectivity index (χ2v) is 6.35. The van der Waals surface area contributed by atoms with Gasteiger partial charge in [-0.1, -0.05) is 18.2 Å². The monoisotopic (exact) mass is 276 g/mol. The van der Waals surface area contributed by atoms with E-state index in [0.717, 1.165) is 31.7 Å². The van der Waals surface area contributed by atoms with Gasteiger partial charge >= 0.3 is 0 Å². The molecule has 1 saturated heterocycles. The fourth-order valence-electron chi connectivity index (χ4n) is 3.14. The van der Waals surface area contributed by atoms with Gasteiger partial charge in [0.15, 0.2) is 0 Å². The van der Waals surface area contributed by atoms with Crippen molar-refractivity contribution in [3.8, 4) is 0 Å². The fourth-order valence-corrected chi connectivity index (χ4v) is 4.36. The van der Waals surface area contributed by atoms with E-state index in [9.17, 15) is 4.79 Å². The molecule has 19 heavy (non-hydrogen) atoms. The van der Waals surface area contributed by atoms with E-state index < -0.39 is 0 Å². The van der Waals surface area contributed by atoms with Gasteiger partial charge in [-0.15, -0.1) is 11.8 Å². The maximum absolute atomic E-state index is 12.8. The number of carbonyl (C=O) groups excluding carboxylic acids is 1. The van der Waals surface area contributed by atoms with Crippen LogP contribution in [0, 0.1) is 0 Å². The molecular weight excluding hydrogens is 256 g/mol. The third-order valence-electron chi connectivity index (χ3n) is 4.10. The number of nitrogens with one attached hydrogen (secondary N) is 1. The van der Waals surface area contributed by atoms with Gasteiger partial charge in [0.2, 0.25) is 5.91 Å². The van der Waals surface area contributed by atoms with Crippen LogP contribution in [0.4, 0.5) is 0 Å². The summed E-state index contributed by atoms with van der Waals surface area (Å²) in [5.41, 5.74) is 1.23. The highest BCUT2D eigenvalue weighted by Gasteiger charge is 2.36. The molecular formula is C15H20N2OS. The van der Waals surface area contributed by atoms with Crippen molar-refractivity contribution in [3.05, 3.63) is 29.8 Å². The zero-order valence-electron chi connectivity index (χ0n) is 11.3.